The van der Waals surface area contributed by atoms with Gasteiger partial charge in [0, 0.05) is 32.7 Å². The molecule has 0 amide bonds. The number of aryl methyl sites for hydroxylation is 2. The molecule has 3 rings (SSSR count). The monoisotopic (exact) mass is 392 g/mol. The van der Waals surface area contributed by atoms with Crippen molar-refractivity contribution in [3.05, 3.63) is 59.4 Å². The van der Waals surface area contributed by atoms with Gasteiger partial charge in [0.1, 0.15) is 18.2 Å². The first-order chi connectivity index (χ1) is 12.8. The quantitative estimate of drug-likeness (QED) is 0.759. The standard InChI is InChI=1S/C20H25FN2O3S/c1-16-13-17(2)15-19(14-16)26-12-11-22-7-9-23(10-8-22)27(24,25)20-5-3-18(21)4-6-20/h3-6,13-15H,7-12H2,1-2H3. The summed E-state index contributed by atoms with van der Waals surface area (Å²) >= 11 is 0. The highest BCUT2D eigenvalue weighted by molar-refractivity contribution is 7.89. The van der Waals surface area contributed by atoms with Crippen LogP contribution < -0.4 is 4.74 Å². The topological polar surface area (TPSA) is 49.9 Å². The maximum Gasteiger partial charge on any atom is 0.243 e. The Morgan fingerprint density at radius 2 is 1.56 bits per heavy atom. The molecule has 1 aliphatic heterocycles. The first-order valence-corrected chi connectivity index (χ1v) is 10.5. The van der Waals surface area contributed by atoms with Crippen LogP contribution in [0.1, 0.15) is 11.1 Å². The van der Waals surface area contributed by atoms with E-state index in [0.717, 1.165) is 12.3 Å². The van der Waals surface area contributed by atoms with Crippen molar-refractivity contribution in [3.8, 4) is 5.75 Å². The number of piperazine rings is 1. The SMILES string of the molecule is Cc1cc(C)cc(OCCN2CCN(S(=O)(=O)c3ccc(F)cc3)CC2)c1. The molecule has 5 nitrogen and oxygen atoms in total. The molecule has 0 aromatic heterocycles. The second-order valence-electron chi connectivity index (χ2n) is 6.87. The lowest BCUT2D eigenvalue weighted by Gasteiger charge is -2.33. The van der Waals surface area contributed by atoms with Crippen LogP contribution in [0.2, 0.25) is 0 Å². The van der Waals surface area contributed by atoms with Gasteiger partial charge in [-0.25, -0.2) is 12.8 Å². The first-order valence-electron chi connectivity index (χ1n) is 9.04. The molecule has 146 valence electrons. The third-order valence-electron chi connectivity index (χ3n) is 4.65. The summed E-state index contributed by atoms with van der Waals surface area (Å²) in [6, 6.07) is 11.1. The van der Waals surface area contributed by atoms with Crippen LogP contribution in [0.15, 0.2) is 47.4 Å². The molecule has 0 unspecified atom stereocenters. The van der Waals surface area contributed by atoms with E-state index in [1.165, 1.54) is 39.7 Å². The average molecular weight is 392 g/mol. The predicted molar refractivity (Wildman–Crippen MR) is 103 cm³/mol. The number of halogens is 1. The molecule has 2 aromatic rings. The zero-order valence-corrected chi connectivity index (χ0v) is 16.5. The molecule has 0 N–H and O–H groups in total. The summed E-state index contributed by atoms with van der Waals surface area (Å²) < 4.78 is 45.6. The average Bonchev–Trinajstić information content (AvgIpc) is 2.62. The second-order valence-corrected chi connectivity index (χ2v) is 8.81. The largest absolute Gasteiger partial charge is 0.492 e. The molecule has 7 heteroatoms. The lowest BCUT2D eigenvalue weighted by molar-refractivity contribution is 0.159. The molecule has 1 aliphatic rings. The molecular weight excluding hydrogens is 367 g/mol. The van der Waals surface area contributed by atoms with Crippen LogP contribution in [0.5, 0.6) is 5.75 Å². The van der Waals surface area contributed by atoms with Crippen molar-refractivity contribution < 1.29 is 17.5 Å². The maximum atomic E-state index is 13.0. The van der Waals surface area contributed by atoms with Crippen molar-refractivity contribution in [1.29, 1.82) is 0 Å². The fourth-order valence-electron chi connectivity index (χ4n) is 3.26. The summed E-state index contributed by atoms with van der Waals surface area (Å²) in [5.41, 5.74) is 2.34. The Kier molecular flexibility index (Phi) is 6.14. The number of hydrogen-bond acceptors (Lipinski definition) is 4. The molecule has 2 aromatic carbocycles. The van der Waals surface area contributed by atoms with E-state index in [2.05, 4.69) is 11.0 Å². The van der Waals surface area contributed by atoms with E-state index in [4.69, 9.17) is 4.74 Å². The zero-order valence-electron chi connectivity index (χ0n) is 15.7. The van der Waals surface area contributed by atoms with E-state index >= 15 is 0 Å². The molecule has 0 spiro atoms. The Bertz CT molecular complexity index is 856. The Hall–Kier alpha value is -1.96. The lowest BCUT2D eigenvalue weighted by Crippen LogP contribution is -2.49. The van der Waals surface area contributed by atoms with Gasteiger partial charge < -0.3 is 4.74 Å². The van der Waals surface area contributed by atoms with Gasteiger partial charge in [-0.05, 0) is 61.4 Å². The smallest absolute Gasteiger partial charge is 0.243 e. The fraction of sp³-hybridized carbons (Fsp3) is 0.400. The molecule has 0 saturated carbocycles. The Morgan fingerprint density at radius 1 is 0.963 bits per heavy atom. The Morgan fingerprint density at radius 3 is 2.15 bits per heavy atom. The number of ether oxygens (including phenoxy) is 1. The van der Waals surface area contributed by atoms with Crippen LogP contribution in [0.4, 0.5) is 4.39 Å². The summed E-state index contributed by atoms with van der Waals surface area (Å²) in [4.78, 5) is 2.33. The summed E-state index contributed by atoms with van der Waals surface area (Å²) in [6.45, 7) is 7.53. The second kappa shape index (κ2) is 8.37. The van der Waals surface area contributed by atoms with E-state index in [1.54, 1.807) is 0 Å². The normalized spacial score (nSPS) is 16.4. The zero-order chi connectivity index (χ0) is 19.4. The molecule has 1 fully saturated rings. The third kappa shape index (κ3) is 5.06. The van der Waals surface area contributed by atoms with Crippen molar-refractivity contribution in [2.45, 2.75) is 18.7 Å². The highest BCUT2D eigenvalue weighted by Gasteiger charge is 2.28. The number of rotatable bonds is 6. The molecule has 1 heterocycles. The minimum atomic E-state index is -3.57. The van der Waals surface area contributed by atoms with Crippen LogP contribution in [0.25, 0.3) is 0 Å². The molecule has 0 aliphatic carbocycles. The van der Waals surface area contributed by atoms with Crippen molar-refractivity contribution >= 4 is 10.0 Å². The number of sulfonamides is 1. The van der Waals surface area contributed by atoms with Gasteiger partial charge in [0.2, 0.25) is 10.0 Å². The summed E-state index contributed by atoms with van der Waals surface area (Å²) in [5.74, 6) is 0.424. The third-order valence-corrected chi connectivity index (χ3v) is 6.57. The van der Waals surface area contributed by atoms with Crippen LogP contribution >= 0.6 is 0 Å². The molecule has 0 radical (unpaired) electrons. The van der Waals surface area contributed by atoms with Gasteiger partial charge in [0.15, 0.2) is 0 Å². The minimum absolute atomic E-state index is 0.135. The number of benzene rings is 2. The van der Waals surface area contributed by atoms with Crippen LogP contribution in [0.3, 0.4) is 0 Å². The fourth-order valence-corrected chi connectivity index (χ4v) is 4.68. The van der Waals surface area contributed by atoms with Gasteiger partial charge in [-0.2, -0.15) is 4.31 Å². The predicted octanol–water partition coefficient (Wildman–Crippen LogP) is 2.83. The van der Waals surface area contributed by atoms with E-state index in [0.29, 0.717) is 32.8 Å². The lowest BCUT2D eigenvalue weighted by atomic mass is 10.1. The minimum Gasteiger partial charge on any atom is -0.492 e. The van der Waals surface area contributed by atoms with E-state index in [1.807, 2.05) is 26.0 Å². The first kappa shape index (κ1) is 19.8. The summed E-state index contributed by atoms with van der Waals surface area (Å²) in [6.07, 6.45) is 0. The van der Waals surface area contributed by atoms with Gasteiger partial charge in [-0.15, -0.1) is 0 Å². The molecule has 1 saturated heterocycles. The molecular formula is C20H25FN2O3S. The van der Waals surface area contributed by atoms with E-state index in [9.17, 15) is 12.8 Å². The Labute approximate surface area is 160 Å². The summed E-state index contributed by atoms with van der Waals surface area (Å²) in [7, 11) is -3.57. The van der Waals surface area contributed by atoms with Crippen molar-refractivity contribution in [1.82, 2.24) is 9.21 Å². The number of hydrogen-bond donors (Lipinski definition) is 0. The molecule has 0 bridgehead atoms. The number of nitrogens with zero attached hydrogens (tertiary/aromatic N) is 2. The van der Waals surface area contributed by atoms with Crippen LogP contribution in [-0.2, 0) is 10.0 Å². The van der Waals surface area contributed by atoms with E-state index in [-0.39, 0.29) is 4.90 Å². The van der Waals surface area contributed by atoms with Gasteiger partial charge >= 0.3 is 0 Å². The van der Waals surface area contributed by atoms with Gasteiger partial charge in [0.25, 0.3) is 0 Å². The maximum absolute atomic E-state index is 13.0. The van der Waals surface area contributed by atoms with E-state index < -0.39 is 15.8 Å². The highest BCUT2D eigenvalue weighted by atomic mass is 32.2. The summed E-state index contributed by atoms with van der Waals surface area (Å²) in [5, 5.41) is 0. The van der Waals surface area contributed by atoms with Crippen molar-refractivity contribution in [2.75, 3.05) is 39.3 Å². The van der Waals surface area contributed by atoms with Crippen LogP contribution in [0, 0.1) is 19.7 Å². The Balaban J connectivity index is 1.49. The van der Waals surface area contributed by atoms with Crippen molar-refractivity contribution in [2.24, 2.45) is 0 Å². The van der Waals surface area contributed by atoms with Gasteiger partial charge in [-0.3, -0.25) is 4.90 Å². The van der Waals surface area contributed by atoms with Crippen molar-refractivity contribution in [3.63, 3.8) is 0 Å². The molecule has 0 atom stereocenters. The van der Waals surface area contributed by atoms with Crippen LogP contribution in [-0.4, -0.2) is 57.0 Å². The van der Waals surface area contributed by atoms with Gasteiger partial charge in [-0.1, -0.05) is 6.07 Å². The highest BCUT2D eigenvalue weighted by Crippen LogP contribution is 2.19. The van der Waals surface area contributed by atoms with Gasteiger partial charge in [0.05, 0.1) is 4.90 Å². The molecule has 27 heavy (non-hydrogen) atoms.